The predicted molar refractivity (Wildman–Crippen MR) is 81.3 cm³/mol. The lowest BCUT2D eigenvalue weighted by atomic mass is 10.0. The molecule has 0 saturated heterocycles. The molecule has 1 aromatic carbocycles. The second kappa shape index (κ2) is 6.09. The Morgan fingerprint density at radius 2 is 2.10 bits per heavy atom. The van der Waals surface area contributed by atoms with E-state index >= 15 is 0 Å². The van der Waals surface area contributed by atoms with Crippen LogP contribution in [0.15, 0.2) is 24.3 Å². The molecule has 1 heterocycles. The van der Waals surface area contributed by atoms with Crippen LogP contribution in [0.2, 0.25) is 0 Å². The third-order valence-corrected chi connectivity index (χ3v) is 3.38. The van der Waals surface area contributed by atoms with E-state index in [0.717, 1.165) is 29.4 Å². The van der Waals surface area contributed by atoms with Gasteiger partial charge in [-0.3, -0.25) is 0 Å². The van der Waals surface area contributed by atoms with E-state index in [2.05, 4.69) is 36.4 Å². The molecular formula is C16H23N3O. The van der Waals surface area contributed by atoms with Crippen LogP contribution in [0.4, 0.5) is 0 Å². The highest BCUT2D eigenvalue weighted by Crippen LogP contribution is 2.29. The minimum Gasteiger partial charge on any atom is -0.439 e. The SMILES string of the molecule is CNCc1c(C)nn(C)c1Oc1cccc(C(C)C)c1. The van der Waals surface area contributed by atoms with Crippen molar-refractivity contribution in [3.8, 4) is 11.6 Å². The summed E-state index contributed by atoms with van der Waals surface area (Å²) in [5.74, 6) is 2.15. The fourth-order valence-corrected chi connectivity index (χ4v) is 2.24. The summed E-state index contributed by atoms with van der Waals surface area (Å²) in [6.07, 6.45) is 0. The largest absolute Gasteiger partial charge is 0.439 e. The highest BCUT2D eigenvalue weighted by Gasteiger charge is 2.15. The first kappa shape index (κ1) is 14.6. The number of nitrogens with one attached hydrogen (secondary N) is 1. The fourth-order valence-electron chi connectivity index (χ4n) is 2.24. The van der Waals surface area contributed by atoms with Gasteiger partial charge >= 0.3 is 0 Å². The standard InChI is InChI=1S/C16H23N3O/c1-11(2)13-7-6-8-14(9-13)20-16-15(10-17-4)12(3)18-19(16)5/h6-9,11,17H,10H2,1-5H3. The maximum absolute atomic E-state index is 6.06. The van der Waals surface area contributed by atoms with Gasteiger partial charge in [-0.2, -0.15) is 5.10 Å². The van der Waals surface area contributed by atoms with Crippen LogP contribution in [-0.2, 0) is 13.6 Å². The van der Waals surface area contributed by atoms with Gasteiger partial charge in [0, 0.05) is 13.6 Å². The number of aryl methyl sites for hydroxylation is 2. The van der Waals surface area contributed by atoms with Crippen LogP contribution >= 0.6 is 0 Å². The minimum absolute atomic E-state index is 0.489. The Labute approximate surface area is 120 Å². The van der Waals surface area contributed by atoms with Crippen LogP contribution in [0.25, 0.3) is 0 Å². The lowest BCUT2D eigenvalue weighted by molar-refractivity contribution is 0.424. The van der Waals surface area contributed by atoms with Crippen LogP contribution in [0.5, 0.6) is 11.6 Å². The maximum atomic E-state index is 6.06. The molecule has 0 unspecified atom stereocenters. The molecule has 108 valence electrons. The molecule has 1 N–H and O–H groups in total. The Kier molecular flexibility index (Phi) is 4.45. The van der Waals surface area contributed by atoms with Gasteiger partial charge in [0.15, 0.2) is 0 Å². The molecule has 0 saturated carbocycles. The van der Waals surface area contributed by atoms with E-state index in [4.69, 9.17) is 4.74 Å². The summed E-state index contributed by atoms with van der Waals surface area (Å²) in [4.78, 5) is 0. The van der Waals surface area contributed by atoms with E-state index in [9.17, 15) is 0 Å². The van der Waals surface area contributed by atoms with Crippen molar-refractivity contribution in [2.75, 3.05) is 7.05 Å². The predicted octanol–water partition coefficient (Wildman–Crippen LogP) is 3.36. The van der Waals surface area contributed by atoms with Crippen molar-refractivity contribution >= 4 is 0 Å². The lowest BCUT2D eigenvalue weighted by Gasteiger charge is -2.11. The monoisotopic (exact) mass is 273 g/mol. The first-order chi connectivity index (χ1) is 9.52. The summed E-state index contributed by atoms with van der Waals surface area (Å²) in [6.45, 7) is 7.11. The number of benzene rings is 1. The number of hydrogen-bond donors (Lipinski definition) is 1. The molecule has 4 nitrogen and oxygen atoms in total. The quantitative estimate of drug-likeness (QED) is 0.908. The van der Waals surface area contributed by atoms with E-state index in [1.54, 1.807) is 4.68 Å². The third-order valence-electron chi connectivity index (χ3n) is 3.38. The fraction of sp³-hybridized carbons (Fsp3) is 0.438. The minimum atomic E-state index is 0.489. The summed E-state index contributed by atoms with van der Waals surface area (Å²) in [7, 11) is 3.84. The highest BCUT2D eigenvalue weighted by atomic mass is 16.5. The van der Waals surface area contributed by atoms with Gasteiger partial charge in [-0.15, -0.1) is 0 Å². The molecule has 1 aromatic heterocycles. The molecule has 0 fully saturated rings. The molecule has 0 spiro atoms. The van der Waals surface area contributed by atoms with E-state index in [0.29, 0.717) is 5.92 Å². The topological polar surface area (TPSA) is 39.1 Å². The summed E-state index contributed by atoms with van der Waals surface area (Å²) >= 11 is 0. The summed E-state index contributed by atoms with van der Waals surface area (Å²) < 4.78 is 7.86. The maximum Gasteiger partial charge on any atom is 0.222 e. The average molecular weight is 273 g/mol. The number of hydrogen-bond acceptors (Lipinski definition) is 3. The van der Waals surface area contributed by atoms with Gasteiger partial charge < -0.3 is 10.1 Å². The zero-order valence-electron chi connectivity index (χ0n) is 12.9. The Hall–Kier alpha value is -1.81. The van der Waals surface area contributed by atoms with E-state index in [1.807, 2.05) is 33.2 Å². The van der Waals surface area contributed by atoms with Gasteiger partial charge in [0.2, 0.25) is 5.88 Å². The van der Waals surface area contributed by atoms with Crippen LogP contribution in [0, 0.1) is 6.92 Å². The summed E-state index contributed by atoms with van der Waals surface area (Å²) in [5.41, 5.74) is 3.37. The van der Waals surface area contributed by atoms with E-state index in [-0.39, 0.29) is 0 Å². The van der Waals surface area contributed by atoms with Gasteiger partial charge in [0.05, 0.1) is 11.3 Å². The number of nitrogens with zero attached hydrogens (tertiary/aromatic N) is 2. The van der Waals surface area contributed by atoms with Gasteiger partial charge in [-0.25, -0.2) is 4.68 Å². The average Bonchev–Trinajstić information content (AvgIpc) is 2.66. The lowest BCUT2D eigenvalue weighted by Crippen LogP contribution is -2.07. The second-order valence-corrected chi connectivity index (χ2v) is 5.35. The molecular weight excluding hydrogens is 250 g/mol. The Morgan fingerprint density at radius 1 is 1.35 bits per heavy atom. The molecule has 4 heteroatoms. The molecule has 0 bridgehead atoms. The third kappa shape index (κ3) is 3.02. The molecule has 0 aliphatic carbocycles. The highest BCUT2D eigenvalue weighted by molar-refractivity contribution is 5.37. The molecule has 0 aliphatic rings. The molecule has 0 atom stereocenters. The first-order valence-corrected chi connectivity index (χ1v) is 6.97. The van der Waals surface area contributed by atoms with Crippen molar-refractivity contribution in [3.05, 3.63) is 41.1 Å². The van der Waals surface area contributed by atoms with Crippen molar-refractivity contribution < 1.29 is 4.74 Å². The van der Waals surface area contributed by atoms with Gasteiger partial charge in [-0.1, -0.05) is 26.0 Å². The number of ether oxygens (including phenoxy) is 1. The molecule has 0 radical (unpaired) electrons. The Bertz CT molecular complexity index is 587. The molecule has 2 rings (SSSR count). The molecule has 0 amide bonds. The van der Waals surface area contributed by atoms with E-state index < -0.39 is 0 Å². The summed E-state index contributed by atoms with van der Waals surface area (Å²) in [6, 6.07) is 8.24. The smallest absolute Gasteiger partial charge is 0.222 e. The number of aromatic nitrogens is 2. The van der Waals surface area contributed by atoms with Gasteiger partial charge in [0.25, 0.3) is 0 Å². The van der Waals surface area contributed by atoms with Gasteiger partial charge in [-0.05, 0) is 37.6 Å². The summed E-state index contributed by atoms with van der Waals surface area (Å²) in [5, 5.41) is 7.60. The normalized spacial score (nSPS) is 11.1. The Balaban J connectivity index is 2.32. The van der Waals surface area contributed by atoms with Crippen LogP contribution < -0.4 is 10.1 Å². The van der Waals surface area contributed by atoms with Crippen molar-refractivity contribution in [1.82, 2.24) is 15.1 Å². The molecule has 2 aromatic rings. The van der Waals surface area contributed by atoms with Crippen molar-refractivity contribution in [2.24, 2.45) is 7.05 Å². The van der Waals surface area contributed by atoms with E-state index in [1.165, 1.54) is 5.56 Å². The van der Waals surface area contributed by atoms with Crippen molar-refractivity contribution in [3.63, 3.8) is 0 Å². The Morgan fingerprint density at radius 3 is 2.75 bits per heavy atom. The van der Waals surface area contributed by atoms with Crippen molar-refractivity contribution in [1.29, 1.82) is 0 Å². The number of rotatable bonds is 5. The van der Waals surface area contributed by atoms with Crippen LogP contribution in [0.3, 0.4) is 0 Å². The first-order valence-electron chi connectivity index (χ1n) is 6.97. The molecule has 20 heavy (non-hydrogen) atoms. The van der Waals surface area contributed by atoms with Crippen LogP contribution in [0.1, 0.15) is 36.6 Å². The zero-order chi connectivity index (χ0) is 14.7. The second-order valence-electron chi connectivity index (χ2n) is 5.35. The van der Waals surface area contributed by atoms with Gasteiger partial charge in [0.1, 0.15) is 5.75 Å². The van der Waals surface area contributed by atoms with Crippen molar-refractivity contribution in [2.45, 2.75) is 33.2 Å². The molecule has 0 aliphatic heterocycles. The zero-order valence-corrected chi connectivity index (χ0v) is 12.9. The van der Waals surface area contributed by atoms with Crippen LogP contribution in [-0.4, -0.2) is 16.8 Å².